The fraction of sp³-hybridized carbons (Fsp3) is 0.933. The molecule has 0 heterocycles. The molecule has 0 amide bonds. The molecule has 0 radical (unpaired) electrons. The standard InChI is InChI=1S/C30H58O12/c1-5-6-7-8-9-28(31)41-27-26-40-25-24-39-23-22-38-21-20-37-19-18-36-17-16-35-15-14-34-13-12-33-11-10-29(32)42-30(2,3)4/h5-27H2,1-4H3. The predicted molar refractivity (Wildman–Crippen MR) is 157 cm³/mol. The Morgan fingerprint density at radius 1 is 0.429 bits per heavy atom. The van der Waals surface area contributed by atoms with E-state index in [1.807, 2.05) is 20.8 Å². The van der Waals surface area contributed by atoms with Crippen LogP contribution < -0.4 is 0 Å². The second-order valence-corrected chi connectivity index (χ2v) is 10.3. The lowest BCUT2D eigenvalue weighted by molar-refractivity contribution is -0.156. The molecule has 0 unspecified atom stereocenters. The van der Waals surface area contributed by atoms with Gasteiger partial charge in [-0.2, -0.15) is 0 Å². The number of carbonyl (C=O) groups excluding carboxylic acids is 2. The normalized spacial score (nSPS) is 11.6. The molecule has 0 aromatic rings. The maximum atomic E-state index is 11.5. The van der Waals surface area contributed by atoms with E-state index >= 15 is 0 Å². The van der Waals surface area contributed by atoms with E-state index in [4.69, 9.17) is 47.4 Å². The van der Waals surface area contributed by atoms with E-state index in [-0.39, 0.29) is 25.0 Å². The molecular weight excluding hydrogens is 552 g/mol. The summed E-state index contributed by atoms with van der Waals surface area (Å²) in [5, 5.41) is 0. The molecule has 0 aromatic carbocycles. The number of rotatable bonds is 32. The molecule has 0 aliphatic rings. The van der Waals surface area contributed by atoms with Crippen LogP contribution >= 0.6 is 0 Å². The van der Waals surface area contributed by atoms with Crippen molar-refractivity contribution in [3.8, 4) is 0 Å². The second kappa shape index (κ2) is 31.1. The molecule has 12 heteroatoms. The van der Waals surface area contributed by atoms with E-state index in [1.165, 1.54) is 0 Å². The summed E-state index contributed by atoms with van der Waals surface area (Å²) in [4.78, 5) is 23.1. The molecule has 250 valence electrons. The number of ether oxygens (including phenoxy) is 10. The summed E-state index contributed by atoms with van der Waals surface area (Å²) < 4.78 is 53.7. The summed E-state index contributed by atoms with van der Waals surface area (Å²) >= 11 is 0. The minimum absolute atomic E-state index is 0.155. The average Bonchev–Trinajstić information content (AvgIpc) is 2.94. The van der Waals surface area contributed by atoms with Crippen LogP contribution in [-0.2, 0) is 57.0 Å². The van der Waals surface area contributed by atoms with Gasteiger partial charge in [-0.1, -0.05) is 26.2 Å². The Kier molecular flexibility index (Phi) is 30.0. The van der Waals surface area contributed by atoms with Gasteiger partial charge in [0.2, 0.25) is 0 Å². The van der Waals surface area contributed by atoms with Crippen LogP contribution in [0.3, 0.4) is 0 Å². The summed E-state index contributed by atoms with van der Waals surface area (Å²) in [7, 11) is 0. The second-order valence-electron chi connectivity index (χ2n) is 10.3. The van der Waals surface area contributed by atoms with E-state index in [2.05, 4.69) is 6.92 Å². The topological polar surface area (TPSA) is 126 Å². The lowest BCUT2D eigenvalue weighted by Crippen LogP contribution is -2.24. The van der Waals surface area contributed by atoms with Crippen molar-refractivity contribution in [1.29, 1.82) is 0 Å². The van der Waals surface area contributed by atoms with Crippen LogP contribution in [0.4, 0.5) is 0 Å². The van der Waals surface area contributed by atoms with Crippen molar-refractivity contribution >= 4 is 11.9 Å². The molecule has 0 spiro atoms. The Morgan fingerprint density at radius 3 is 1.14 bits per heavy atom. The van der Waals surface area contributed by atoms with Gasteiger partial charge in [0.15, 0.2) is 0 Å². The van der Waals surface area contributed by atoms with Gasteiger partial charge in [-0.15, -0.1) is 0 Å². The molecule has 0 fully saturated rings. The van der Waals surface area contributed by atoms with Gasteiger partial charge in [0.1, 0.15) is 12.2 Å². The fourth-order valence-electron chi connectivity index (χ4n) is 3.17. The van der Waals surface area contributed by atoms with Crippen LogP contribution in [0.5, 0.6) is 0 Å². The number of esters is 2. The van der Waals surface area contributed by atoms with Crippen molar-refractivity contribution in [2.24, 2.45) is 0 Å². The highest BCUT2D eigenvalue weighted by Gasteiger charge is 2.15. The highest BCUT2D eigenvalue weighted by Crippen LogP contribution is 2.08. The van der Waals surface area contributed by atoms with E-state index < -0.39 is 5.60 Å². The maximum absolute atomic E-state index is 11.5. The molecule has 0 rings (SSSR count). The Bertz CT molecular complexity index is 597. The summed E-state index contributed by atoms with van der Waals surface area (Å²) in [6, 6.07) is 0. The summed E-state index contributed by atoms with van der Waals surface area (Å²) in [5.74, 6) is -0.421. The van der Waals surface area contributed by atoms with Crippen LogP contribution in [0, 0.1) is 0 Å². The first-order valence-corrected chi connectivity index (χ1v) is 15.3. The van der Waals surface area contributed by atoms with Crippen LogP contribution in [0.2, 0.25) is 0 Å². The van der Waals surface area contributed by atoms with Crippen molar-refractivity contribution < 1.29 is 57.0 Å². The van der Waals surface area contributed by atoms with Gasteiger partial charge in [-0.05, 0) is 27.2 Å². The Hall–Kier alpha value is -1.38. The molecule has 0 bridgehead atoms. The third-order valence-corrected chi connectivity index (χ3v) is 5.20. The molecule has 0 aliphatic heterocycles. The van der Waals surface area contributed by atoms with Gasteiger partial charge in [0.05, 0.1) is 112 Å². The highest BCUT2D eigenvalue weighted by molar-refractivity contribution is 5.70. The van der Waals surface area contributed by atoms with Crippen molar-refractivity contribution in [3.05, 3.63) is 0 Å². The molecule has 0 aromatic heterocycles. The zero-order valence-electron chi connectivity index (χ0n) is 26.7. The molecule has 12 nitrogen and oxygen atoms in total. The molecule has 0 aliphatic carbocycles. The summed E-state index contributed by atoms with van der Waals surface area (Å²) in [6.45, 7) is 15.2. The molecule has 42 heavy (non-hydrogen) atoms. The predicted octanol–water partition coefficient (Wildman–Crippen LogP) is 3.36. The lowest BCUT2D eigenvalue weighted by Gasteiger charge is -2.19. The van der Waals surface area contributed by atoms with Gasteiger partial charge in [-0.3, -0.25) is 9.59 Å². The highest BCUT2D eigenvalue weighted by atomic mass is 16.6. The van der Waals surface area contributed by atoms with Gasteiger partial charge in [0, 0.05) is 6.42 Å². The maximum Gasteiger partial charge on any atom is 0.308 e. The van der Waals surface area contributed by atoms with Crippen molar-refractivity contribution in [2.75, 3.05) is 112 Å². The first-order chi connectivity index (χ1) is 20.3. The minimum Gasteiger partial charge on any atom is -0.463 e. The zero-order valence-corrected chi connectivity index (χ0v) is 26.7. The van der Waals surface area contributed by atoms with Crippen LogP contribution in [0.15, 0.2) is 0 Å². The van der Waals surface area contributed by atoms with Crippen molar-refractivity contribution in [1.82, 2.24) is 0 Å². The van der Waals surface area contributed by atoms with E-state index in [9.17, 15) is 9.59 Å². The quantitative estimate of drug-likeness (QED) is 0.0819. The largest absolute Gasteiger partial charge is 0.463 e. The average molecular weight is 611 g/mol. The van der Waals surface area contributed by atoms with Gasteiger partial charge in [-0.25, -0.2) is 0 Å². The lowest BCUT2D eigenvalue weighted by atomic mass is 10.2. The Morgan fingerprint density at radius 2 is 0.786 bits per heavy atom. The van der Waals surface area contributed by atoms with E-state index in [1.54, 1.807) is 0 Å². The first-order valence-electron chi connectivity index (χ1n) is 15.3. The minimum atomic E-state index is -0.473. The smallest absolute Gasteiger partial charge is 0.308 e. The fourth-order valence-corrected chi connectivity index (χ4v) is 3.17. The SMILES string of the molecule is CCCCCCC(=O)OCCOCCOCCOCCOCCOCCOCCOCCOCCC(=O)OC(C)(C)C. The number of hydrogen-bond donors (Lipinski definition) is 0. The van der Waals surface area contributed by atoms with Gasteiger partial charge in [0.25, 0.3) is 0 Å². The van der Waals surface area contributed by atoms with E-state index in [0.717, 1.165) is 25.7 Å². The van der Waals surface area contributed by atoms with Crippen LogP contribution in [0.1, 0.15) is 66.2 Å². The number of carbonyl (C=O) groups is 2. The Labute approximate surface area is 253 Å². The monoisotopic (exact) mass is 610 g/mol. The third kappa shape index (κ3) is 34.8. The number of hydrogen-bond acceptors (Lipinski definition) is 12. The van der Waals surface area contributed by atoms with Gasteiger partial charge < -0.3 is 47.4 Å². The van der Waals surface area contributed by atoms with Crippen molar-refractivity contribution in [3.63, 3.8) is 0 Å². The molecule has 0 atom stereocenters. The van der Waals surface area contributed by atoms with Gasteiger partial charge >= 0.3 is 11.9 Å². The van der Waals surface area contributed by atoms with Crippen LogP contribution in [-0.4, -0.2) is 130 Å². The molecule has 0 saturated heterocycles. The first kappa shape index (κ1) is 40.6. The zero-order chi connectivity index (χ0) is 31.0. The molecule has 0 N–H and O–H groups in total. The van der Waals surface area contributed by atoms with Crippen molar-refractivity contribution in [2.45, 2.75) is 71.8 Å². The summed E-state index contributed by atoms with van der Waals surface area (Å²) in [6.07, 6.45) is 4.98. The summed E-state index contributed by atoms with van der Waals surface area (Å²) in [5.41, 5.74) is -0.473. The third-order valence-electron chi connectivity index (χ3n) is 5.20. The van der Waals surface area contributed by atoms with Crippen LogP contribution in [0.25, 0.3) is 0 Å². The number of unbranched alkanes of at least 4 members (excludes halogenated alkanes) is 3. The van der Waals surface area contributed by atoms with E-state index in [0.29, 0.717) is 112 Å². The molecular formula is C30H58O12. The molecule has 0 saturated carbocycles. The Balaban J connectivity index is 3.14.